The van der Waals surface area contributed by atoms with Crippen molar-refractivity contribution in [3.8, 4) is 0 Å². The molecule has 70 valence electrons. The summed E-state index contributed by atoms with van der Waals surface area (Å²) in [5.74, 6) is 0. The fourth-order valence-electron chi connectivity index (χ4n) is 1.29. The molecule has 13 heavy (non-hydrogen) atoms. The van der Waals surface area contributed by atoms with Crippen molar-refractivity contribution in [1.29, 1.82) is 0 Å². The van der Waals surface area contributed by atoms with Gasteiger partial charge in [-0.2, -0.15) is 0 Å². The van der Waals surface area contributed by atoms with Crippen molar-refractivity contribution in [1.82, 2.24) is 10.0 Å². The molecule has 0 aliphatic carbocycles. The molecule has 0 saturated carbocycles. The summed E-state index contributed by atoms with van der Waals surface area (Å²) in [5, 5.41) is 1.95. The van der Waals surface area contributed by atoms with E-state index in [4.69, 9.17) is 4.84 Å². The van der Waals surface area contributed by atoms with E-state index in [1.54, 1.807) is 6.20 Å². The molecule has 1 aliphatic heterocycles. The third-order valence-corrected chi connectivity index (χ3v) is 1.98. The van der Waals surface area contributed by atoms with Gasteiger partial charge in [0.15, 0.2) is 6.23 Å². The lowest BCUT2D eigenvalue weighted by molar-refractivity contribution is 0.101. The molecule has 1 aliphatic rings. The SMILES string of the molecule is CC(C)(C)N1O[C@@H]1c1ccccn1. The minimum atomic E-state index is 0.0567. The van der Waals surface area contributed by atoms with Crippen molar-refractivity contribution in [3.05, 3.63) is 30.1 Å². The molecular weight excluding hydrogens is 164 g/mol. The zero-order valence-corrected chi connectivity index (χ0v) is 8.19. The normalized spacial score (nSPS) is 27.3. The lowest BCUT2D eigenvalue weighted by Gasteiger charge is -2.16. The van der Waals surface area contributed by atoms with Crippen LogP contribution >= 0.6 is 0 Å². The highest BCUT2D eigenvalue weighted by Crippen LogP contribution is 2.41. The maximum absolute atomic E-state index is 5.44. The van der Waals surface area contributed by atoms with Crippen molar-refractivity contribution in [3.63, 3.8) is 0 Å². The van der Waals surface area contributed by atoms with Crippen molar-refractivity contribution < 1.29 is 4.84 Å². The van der Waals surface area contributed by atoms with Crippen molar-refractivity contribution in [2.75, 3.05) is 0 Å². The molecule has 0 spiro atoms. The third-order valence-electron chi connectivity index (χ3n) is 1.98. The largest absolute Gasteiger partial charge is 0.268 e. The number of hydrogen-bond acceptors (Lipinski definition) is 3. The Morgan fingerprint density at radius 1 is 1.38 bits per heavy atom. The lowest BCUT2D eigenvalue weighted by Crippen LogP contribution is -2.25. The Bertz CT molecular complexity index is 292. The summed E-state index contributed by atoms with van der Waals surface area (Å²) in [7, 11) is 0. The number of hydrogen-bond donors (Lipinski definition) is 0. The average Bonchev–Trinajstić information content (AvgIpc) is 2.83. The van der Waals surface area contributed by atoms with Crippen LogP contribution in [0.4, 0.5) is 0 Å². The molecule has 1 aromatic heterocycles. The third kappa shape index (κ3) is 1.71. The monoisotopic (exact) mass is 178 g/mol. The first-order valence-corrected chi connectivity index (χ1v) is 4.46. The van der Waals surface area contributed by atoms with Gasteiger partial charge in [0.05, 0.1) is 5.69 Å². The Morgan fingerprint density at radius 3 is 2.62 bits per heavy atom. The molecule has 3 nitrogen and oxygen atoms in total. The fraction of sp³-hybridized carbons (Fsp3) is 0.500. The maximum Gasteiger partial charge on any atom is 0.197 e. The van der Waals surface area contributed by atoms with E-state index in [-0.39, 0.29) is 11.8 Å². The van der Waals surface area contributed by atoms with Gasteiger partial charge >= 0.3 is 0 Å². The van der Waals surface area contributed by atoms with E-state index in [9.17, 15) is 0 Å². The van der Waals surface area contributed by atoms with Crippen LogP contribution in [0.1, 0.15) is 32.7 Å². The Hall–Kier alpha value is -0.930. The molecule has 1 saturated heterocycles. The van der Waals surface area contributed by atoms with Crippen LogP contribution in [0.15, 0.2) is 24.4 Å². The highest BCUT2D eigenvalue weighted by Gasteiger charge is 2.46. The van der Waals surface area contributed by atoms with E-state index in [1.165, 1.54) is 0 Å². The maximum atomic E-state index is 5.44. The van der Waals surface area contributed by atoms with Gasteiger partial charge in [0.2, 0.25) is 0 Å². The van der Waals surface area contributed by atoms with Crippen LogP contribution in [0.5, 0.6) is 0 Å². The second-order valence-electron chi connectivity index (χ2n) is 4.21. The minimum Gasteiger partial charge on any atom is -0.268 e. The van der Waals surface area contributed by atoms with Crippen LogP contribution in [-0.2, 0) is 4.84 Å². The van der Waals surface area contributed by atoms with Crippen molar-refractivity contribution in [2.24, 2.45) is 0 Å². The summed E-state index contributed by atoms with van der Waals surface area (Å²) in [6.07, 6.45) is 1.85. The van der Waals surface area contributed by atoms with Gasteiger partial charge in [0.25, 0.3) is 0 Å². The zero-order valence-electron chi connectivity index (χ0n) is 8.19. The summed E-state index contributed by atoms with van der Waals surface area (Å²) in [4.78, 5) is 9.68. The number of rotatable bonds is 1. The van der Waals surface area contributed by atoms with Crippen LogP contribution in [0.2, 0.25) is 0 Å². The minimum absolute atomic E-state index is 0.0567. The fourth-order valence-corrected chi connectivity index (χ4v) is 1.29. The molecule has 0 amide bonds. The quantitative estimate of drug-likeness (QED) is 0.617. The van der Waals surface area contributed by atoms with Gasteiger partial charge in [-0.25, -0.2) is 0 Å². The summed E-state index contributed by atoms with van der Waals surface area (Å²) >= 11 is 0. The molecule has 2 rings (SSSR count). The van der Waals surface area contributed by atoms with Gasteiger partial charge in [-0.1, -0.05) is 6.07 Å². The van der Waals surface area contributed by atoms with E-state index in [2.05, 4.69) is 25.8 Å². The van der Waals surface area contributed by atoms with Gasteiger partial charge in [0, 0.05) is 11.7 Å². The smallest absolute Gasteiger partial charge is 0.197 e. The predicted molar refractivity (Wildman–Crippen MR) is 49.7 cm³/mol. The first-order chi connectivity index (χ1) is 6.09. The Kier molecular flexibility index (Phi) is 1.86. The van der Waals surface area contributed by atoms with E-state index >= 15 is 0 Å². The standard InChI is InChI=1S/C10H14N2O/c1-10(2,3)12-9(13-12)8-6-4-5-7-11-8/h4-7,9H,1-3H3/t9-,12?/m1/s1. The van der Waals surface area contributed by atoms with Gasteiger partial charge in [-0.3, -0.25) is 9.82 Å². The summed E-state index contributed by atoms with van der Waals surface area (Å²) < 4.78 is 0. The second kappa shape index (κ2) is 2.79. The molecule has 0 radical (unpaired) electrons. The number of aromatic nitrogens is 1. The first kappa shape index (κ1) is 8.66. The molecular formula is C10H14N2O. The summed E-state index contributed by atoms with van der Waals surface area (Å²) in [6, 6.07) is 5.87. The molecule has 1 unspecified atom stereocenters. The van der Waals surface area contributed by atoms with Gasteiger partial charge in [0.1, 0.15) is 0 Å². The Balaban J connectivity index is 2.09. The van der Waals surface area contributed by atoms with Gasteiger partial charge in [-0.15, -0.1) is 5.06 Å². The highest BCUT2D eigenvalue weighted by atomic mass is 16.8. The Labute approximate surface area is 78.3 Å². The number of pyridine rings is 1. The van der Waals surface area contributed by atoms with Gasteiger partial charge < -0.3 is 0 Å². The lowest BCUT2D eigenvalue weighted by atomic mass is 10.1. The predicted octanol–water partition coefficient (Wildman–Crippen LogP) is 2.13. The van der Waals surface area contributed by atoms with Crippen LogP contribution in [-0.4, -0.2) is 15.6 Å². The van der Waals surface area contributed by atoms with Crippen molar-refractivity contribution in [2.45, 2.75) is 32.5 Å². The van der Waals surface area contributed by atoms with E-state index < -0.39 is 0 Å². The molecule has 0 aromatic carbocycles. The van der Waals surface area contributed by atoms with Crippen LogP contribution in [0.25, 0.3) is 0 Å². The zero-order chi connectivity index (χ0) is 9.47. The molecule has 3 heteroatoms. The summed E-state index contributed by atoms with van der Waals surface area (Å²) in [6.45, 7) is 6.36. The highest BCUT2D eigenvalue weighted by molar-refractivity contribution is 5.09. The molecule has 1 fully saturated rings. The van der Waals surface area contributed by atoms with Gasteiger partial charge in [-0.05, 0) is 32.9 Å². The van der Waals surface area contributed by atoms with E-state index in [1.807, 2.05) is 23.3 Å². The second-order valence-corrected chi connectivity index (χ2v) is 4.21. The van der Waals surface area contributed by atoms with Crippen molar-refractivity contribution >= 4 is 0 Å². The topological polar surface area (TPSA) is 28.4 Å². The molecule has 0 bridgehead atoms. The molecule has 1 aromatic rings. The summed E-state index contributed by atoms with van der Waals surface area (Å²) in [5.41, 5.74) is 1.04. The van der Waals surface area contributed by atoms with Crippen LogP contribution in [0.3, 0.4) is 0 Å². The molecule has 2 atom stereocenters. The number of hydroxylamine groups is 2. The molecule has 2 heterocycles. The first-order valence-electron chi connectivity index (χ1n) is 4.46. The van der Waals surface area contributed by atoms with Crippen LogP contribution < -0.4 is 0 Å². The van der Waals surface area contributed by atoms with Crippen LogP contribution in [0, 0.1) is 0 Å². The average molecular weight is 178 g/mol. The van der Waals surface area contributed by atoms with E-state index in [0.717, 1.165) is 5.69 Å². The molecule has 0 N–H and O–H groups in total. The number of nitrogens with zero attached hydrogens (tertiary/aromatic N) is 2. The Morgan fingerprint density at radius 2 is 2.15 bits per heavy atom. The van der Waals surface area contributed by atoms with E-state index in [0.29, 0.717) is 0 Å².